The number of hydrogen-bond acceptors (Lipinski definition) is 2. The summed E-state index contributed by atoms with van der Waals surface area (Å²) in [6.45, 7) is 3.39. The zero-order chi connectivity index (χ0) is 9.80. The molecule has 0 aliphatic heterocycles. The third-order valence-electron chi connectivity index (χ3n) is 3.46. The molecule has 1 N–H and O–H groups in total. The monoisotopic (exact) mass is 197 g/mol. The SMILES string of the molecule is CCCNC1CC(OC2CCCC2)C1. The van der Waals surface area contributed by atoms with Gasteiger partial charge in [-0.05, 0) is 38.6 Å². The highest BCUT2D eigenvalue weighted by atomic mass is 16.5. The lowest BCUT2D eigenvalue weighted by molar-refractivity contribution is -0.0611. The van der Waals surface area contributed by atoms with Crippen LogP contribution in [-0.4, -0.2) is 24.8 Å². The van der Waals surface area contributed by atoms with Crippen LogP contribution in [0.5, 0.6) is 0 Å². The van der Waals surface area contributed by atoms with Crippen molar-refractivity contribution in [1.82, 2.24) is 5.32 Å². The first-order valence-corrected chi connectivity index (χ1v) is 6.27. The highest BCUT2D eigenvalue weighted by molar-refractivity contribution is 4.87. The summed E-state index contributed by atoms with van der Waals surface area (Å²) >= 11 is 0. The van der Waals surface area contributed by atoms with Crippen molar-refractivity contribution in [2.45, 2.75) is 70.1 Å². The molecule has 0 amide bonds. The van der Waals surface area contributed by atoms with Gasteiger partial charge in [-0.15, -0.1) is 0 Å². The van der Waals surface area contributed by atoms with Crippen molar-refractivity contribution >= 4 is 0 Å². The molecule has 2 aliphatic rings. The minimum atomic E-state index is 0.576. The lowest BCUT2D eigenvalue weighted by Gasteiger charge is -2.37. The molecule has 0 aromatic carbocycles. The molecule has 2 fully saturated rings. The molecular weight excluding hydrogens is 174 g/mol. The fourth-order valence-corrected chi connectivity index (χ4v) is 2.49. The van der Waals surface area contributed by atoms with Gasteiger partial charge >= 0.3 is 0 Å². The second-order valence-corrected chi connectivity index (χ2v) is 4.79. The van der Waals surface area contributed by atoms with Crippen LogP contribution in [0.25, 0.3) is 0 Å². The number of nitrogens with one attached hydrogen (secondary N) is 1. The van der Waals surface area contributed by atoms with Gasteiger partial charge in [0.05, 0.1) is 12.2 Å². The molecule has 0 bridgehead atoms. The Balaban J connectivity index is 1.54. The van der Waals surface area contributed by atoms with E-state index in [4.69, 9.17) is 4.74 Å². The summed E-state index contributed by atoms with van der Waals surface area (Å²) < 4.78 is 6.02. The first-order chi connectivity index (χ1) is 6.88. The first-order valence-electron chi connectivity index (χ1n) is 6.27. The second kappa shape index (κ2) is 5.13. The lowest BCUT2D eigenvalue weighted by Crippen LogP contribution is -2.46. The Morgan fingerprint density at radius 3 is 2.50 bits per heavy atom. The molecule has 14 heavy (non-hydrogen) atoms. The molecule has 2 nitrogen and oxygen atoms in total. The van der Waals surface area contributed by atoms with Crippen molar-refractivity contribution in [2.75, 3.05) is 6.54 Å². The van der Waals surface area contributed by atoms with Crippen molar-refractivity contribution in [3.8, 4) is 0 Å². The standard InChI is InChI=1S/C12H23NO/c1-2-7-13-10-8-12(9-10)14-11-5-3-4-6-11/h10-13H,2-9H2,1H3. The summed E-state index contributed by atoms with van der Waals surface area (Å²) in [5, 5.41) is 3.54. The highest BCUT2D eigenvalue weighted by Crippen LogP contribution is 2.29. The van der Waals surface area contributed by atoms with Crippen LogP contribution >= 0.6 is 0 Å². The van der Waals surface area contributed by atoms with E-state index in [1.165, 1.54) is 51.5 Å². The van der Waals surface area contributed by atoms with E-state index in [1.54, 1.807) is 0 Å². The molecule has 82 valence electrons. The van der Waals surface area contributed by atoms with Gasteiger partial charge in [-0.25, -0.2) is 0 Å². The quantitative estimate of drug-likeness (QED) is 0.731. The Morgan fingerprint density at radius 2 is 1.86 bits per heavy atom. The lowest BCUT2D eigenvalue weighted by atomic mass is 9.89. The average molecular weight is 197 g/mol. The summed E-state index contributed by atoms with van der Waals surface area (Å²) in [6.07, 6.45) is 10.3. The number of hydrogen-bond donors (Lipinski definition) is 1. The van der Waals surface area contributed by atoms with Crippen LogP contribution < -0.4 is 5.32 Å². The van der Waals surface area contributed by atoms with Crippen LogP contribution in [-0.2, 0) is 4.74 Å². The summed E-state index contributed by atoms with van der Waals surface area (Å²) in [4.78, 5) is 0. The van der Waals surface area contributed by atoms with Crippen molar-refractivity contribution < 1.29 is 4.74 Å². The third-order valence-corrected chi connectivity index (χ3v) is 3.46. The molecule has 0 atom stereocenters. The maximum Gasteiger partial charge on any atom is 0.0608 e. The predicted octanol–water partition coefficient (Wildman–Crippen LogP) is 2.48. The van der Waals surface area contributed by atoms with Gasteiger partial charge in [-0.2, -0.15) is 0 Å². The van der Waals surface area contributed by atoms with Crippen molar-refractivity contribution in [2.24, 2.45) is 0 Å². The largest absolute Gasteiger partial charge is 0.375 e. The topological polar surface area (TPSA) is 21.3 Å². The summed E-state index contributed by atoms with van der Waals surface area (Å²) in [5.41, 5.74) is 0. The van der Waals surface area contributed by atoms with Gasteiger partial charge in [-0.3, -0.25) is 0 Å². The minimum Gasteiger partial charge on any atom is -0.375 e. The van der Waals surface area contributed by atoms with Gasteiger partial charge < -0.3 is 10.1 Å². The Kier molecular flexibility index (Phi) is 3.82. The second-order valence-electron chi connectivity index (χ2n) is 4.79. The van der Waals surface area contributed by atoms with Gasteiger partial charge in [0.2, 0.25) is 0 Å². The Bertz CT molecular complexity index is 160. The van der Waals surface area contributed by atoms with Crippen LogP contribution in [0.2, 0.25) is 0 Å². The number of ether oxygens (including phenoxy) is 1. The Hall–Kier alpha value is -0.0800. The normalized spacial score (nSPS) is 33.2. The molecule has 0 saturated heterocycles. The van der Waals surface area contributed by atoms with Crippen molar-refractivity contribution in [1.29, 1.82) is 0 Å². The molecular formula is C12H23NO. The molecule has 0 unspecified atom stereocenters. The third kappa shape index (κ3) is 2.71. The van der Waals surface area contributed by atoms with Gasteiger partial charge in [0, 0.05) is 6.04 Å². The molecule has 0 heterocycles. The van der Waals surface area contributed by atoms with Crippen LogP contribution in [0.3, 0.4) is 0 Å². The van der Waals surface area contributed by atoms with E-state index in [9.17, 15) is 0 Å². The van der Waals surface area contributed by atoms with Crippen LogP contribution in [0.1, 0.15) is 51.9 Å². The molecule has 0 aromatic rings. The van der Waals surface area contributed by atoms with Gasteiger partial charge in [0.15, 0.2) is 0 Å². The Morgan fingerprint density at radius 1 is 1.14 bits per heavy atom. The fourth-order valence-electron chi connectivity index (χ4n) is 2.49. The maximum atomic E-state index is 6.02. The minimum absolute atomic E-state index is 0.576. The van der Waals surface area contributed by atoms with E-state index >= 15 is 0 Å². The number of rotatable bonds is 5. The zero-order valence-corrected chi connectivity index (χ0v) is 9.30. The van der Waals surface area contributed by atoms with Crippen molar-refractivity contribution in [3.05, 3.63) is 0 Å². The Labute approximate surface area is 87.4 Å². The molecule has 0 spiro atoms. The molecule has 0 aromatic heterocycles. The summed E-state index contributed by atoms with van der Waals surface area (Å²) in [7, 11) is 0. The summed E-state index contributed by atoms with van der Waals surface area (Å²) in [5.74, 6) is 0. The van der Waals surface area contributed by atoms with Crippen LogP contribution in [0.15, 0.2) is 0 Å². The molecule has 0 radical (unpaired) electrons. The molecule has 2 saturated carbocycles. The van der Waals surface area contributed by atoms with E-state index < -0.39 is 0 Å². The van der Waals surface area contributed by atoms with E-state index in [0.717, 1.165) is 6.04 Å². The maximum absolute atomic E-state index is 6.02. The molecule has 2 rings (SSSR count). The fraction of sp³-hybridized carbons (Fsp3) is 1.00. The zero-order valence-electron chi connectivity index (χ0n) is 9.30. The average Bonchev–Trinajstić information content (AvgIpc) is 2.61. The molecule has 2 aliphatic carbocycles. The van der Waals surface area contributed by atoms with Gasteiger partial charge in [0.1, 0.15) is 0 Å². The van der Waals surface area contributed by atoms with E-state index in [2.05, 4.69) is 12.2 Å². The van der Waals surface area contributed by atoms with Crippen LogP contribution in [0.4, 0.5) is 0 Å². The van der Waals surface area contributed by atoms with Gasteiger partial charge in [0.25, 0.3) is 0 Å². The predicted molar refractivity (Wildman–Crippen MR) is 58.4 cm³/mol. The first kappa shape index (κ1) is 10.4. The van der Waals surface area contributed by atoms with Crippen LogP contribution in [0, 0.1) is 0 Å². The van der Waals surface area contributed by atoms with E-state index in [0.29, 0.717) is 12.2 Å². The van der Waals surface area contributed by atoms with E-state index in [1.807, 2.05) is 0 Å². The smallest absolute Gasteiger partial charge is 0.0608 e. The van der Waals surface area contributed by atoms with E-state index in [-0.39, 0.29) is 0 Å². The highest BCUT2D eigenvalue weighted by Gasteiger charge is 2.31. The van der Waals surface area contributed by atoms with Gasteiger partial charge in [-0.1, -0.05) is 19.8 Å². The molecule has 2 heteroatoms. The summed E-state index contributed by atoms with van der Waals surface area (Å²) in [6, 6.07) is 0.751. The van der Waals surface area contributed by atoms with Crippen molar-refractivity contribution in [3.63, 3.8) is 0 Å².